The summed E-state index contributed by atoms with van der Waals surface area (Å²) in [6, 6.07) is 5.76. The standard InChI is InChI=1S/C7H6ClSi/c1-5-6(8)3-2-4-7(5)9/h2-4H,1H3. The first-order valence-corrected chi connectivity index (χ1v) is 3.56. The van der Waals surface area contributed by atoms with Crippen molar-refractivity contribution < 1.29 is 0 Å². The van der Waals surface area contributed by atoms with Gasteiger partial charge in [-0.2, -0.15) is 0 Å². The van der Waals surface area contributed by atoms with Crippen LogP contribution in [0.25, 0.3) is 0 Å². The zero-order valence-electron chi connectivity index (χ0n) is 5.11. The SMILES string of the molecule is Cc1c([Si])cccc1Cl. The van der Waals surface area contributed by atoms with E-state index in [0.717, 1.165) is 15.8 Å². The minimum absolute atomic E-state index is 0.808. The molecule has 1 aromatic carbocycles. The highest BCUT2D eigenvalue weighted by Crippen LogP contribution is 2.09. The Morgan fingerprint density at radius 2 is 2.11 bits per heavy atom. The second-order valence-corrected chi connectivity index (χ2v) is 2.86. The van der Waals surface area contributed by atoms with Crippen LogP contribution in [0.3, 0.4) is 0 Å². The molecule has 1 rings (SSSR count). The van der Waals surface area contributed by atoms with Crippen molar-refractivity contribution in [2.75, 3.05) is 0 Å². The molecule has 2 heteroatoms. The number of benzene rings is 1. The van der Waals surface area contributed by atoms with Gasteiger partial charge in [0.05, 0.1) is 10.2 Å². The topological polar surface area (TPSA) is 0 Å². The van der Waals surface area contributed by atoms with E-state index in [1.165, 1.54) is 0 Å². The first-order chi connectivity index (χ1) is 4.22. The van der Waals surface area contributed by atoms with Crippen LogP contribution in [0.15, 0.2) is 18.2 Å². The molecule has 0 unspecified atom stereocenters. The van der Waals surface area contributed by atoms with Crippen molar-refractivity contribution in [3.8, 4) is 0 Å². The zero-order valence-corrected chi connectivity index (χ0v) is 6.87. The van der Waals surface area contributed by atoms with Crippen molar-refractivity contribution in [2.45, 2.75) is 6.92 Å². The van der Waals surface area contributed by atoms with Gasteiger partial charge in [-0.15, -0.1) is 0 Å². The summed E-state index contributed by atoms with van der Waals surface area (Å²) in [6.07, 6.45) is 0. The van der Waals surface area contributed by atoms with Crippen molar-refractivity contribution in [1.82, 2.24) is 0 Å². The lowest BCUT2D eigenvalue weighted by atomic mass is 10.2. The van der Waals surface area contributed by atoms with Crippen LogP contribution < -0.4 is 5.19 Å². The lowest BCUT2D eigenvalue weighted by Gasteiger charge is -1.98. The molecular formula is C7H6ClSi. The summed E-state index contributed by atoms with van der Waals surface area (Å²) in [6.45, 7) is 1.98. The Kier molecular flexibility index (Phi) is 1.93. The van der Waals surface area contributed by atoms with Crippen molar-refractivity contribution in [3.05, 3.63) is 28.8 Å². The van der Waals surface area contributed by atoms with Crippen LogP contribution in [0.2, 0.25) is 5.02 Å². The van der Waals surface area contributed by atoms with Gasteiger partial charge in [-0.1, -0.05) is 28.9 Å². The van der Waals surface area contributed by atoms with Gasteiger partial charge in [0.25, 0.3) is 0 Å². The molecule has 0 aromatic heterocycles. The normalized spacial score (nSPS) is 9.67. The molecule has 0 fully saturated rings. The summed E-state index contributed by atoms with van der Waals surface area (Å²) in [7, 11) is 3.41. The smallest absolute Gasteiger partial charge is 0.0716 e. The van der Waals surface area contributed by atoms with Gasteiger partial charge in [-0.3, -0.25) is 0 Å². The molecule has 3 radical (unpaired) electrons. The van der Waals surface area contributed by atoms with E-state index in [9.17, 15) is 0 Å². The Bertz CT molecular complexity index is 200. The second-order valence-electron chi connectivity index (χ2n) is 1.91. The maximum Gasteiger partial charge on any atom is 0.0716 e. The maximum atomic E-state index is 5.78. The van der Waals surface area contributed by atoms with E-state index in [1.54, 1.807) is 0 Å². The fraction of sp³-hybridized carbons (Fsp3) is 0.143. The van der Waals surface area contributed by atoms with Crippen LogP contribution in [-0.4, -0.2) is 10.2 Å². The molecule has 0 atom stereocenters. The van der Waals surface area contributed by atoms with Crippen LogP contribution in [0.4, 0.5) is 0 Å². The highest BCUT2D eigenvalue weighted by molar-refractivity contribution is 6.37. The molecule has 0 saturated heterocycles. The average molecular weight is 154 g/mol. The maximum absolute atomic E-state index is 5.78. The molecule has 0 bridgehead atoms. The first kappa shape index (κ1) is 6.84. The summed E-state index contributed by atoms with van der Waals surface area (Å²) in [5.74, 6) is 0. The second kappa shape index (κ2) is 2.54. The van der Waals surface area contributed by atoms with Crippen molar-refractivity contribution in [2.24, 2.45) is 0 Å². The minimum atomic E-state index is 0.808. The van der Waals surface area contributed by atoms with Gasteiger partial charge in [0.15, 0.2) is 0 Å². The van der Waals surface area contributed by atoms with E-state index in [-0.39, 0.29) is 0 Å². The van der Waals surface area contributed by atoms with Crippen molar-refractivity contribution in [1.29, 1.82) is 0 Å². The van der Waals surface area contributed by atoms with Crippen LogP contribution in [0.5, 0.6) is 0 Å². The van der Waals surface area contributed by atoms with Crippen LogP contribution in [0.1, 0.15) is 5.56 Å². The van der Waals surface area contributed by atoms with Gasteiger partial charge in [0.2, 0.25) is 0 Å². The van der Waals surface area contributed by atoms with Crippen LogP contribution in [0, 0.1) is 6.92 Å². The van der Waals surface area contributed by atoms with E-state index in [0.29, 0.717) is 0 Å². The van der Waals surface area contributed by atoms with Crippen molar-refractivity contribution in [3.63, 3.8) is 0 Å². The fourth-order valence-corrected chi connectivity index (χ4v) is 1.09. The lowest BCUT2D eigenvalue weighted by Crippen LogP contribution is -2.05. The molecule has 9 heavy (non-hydrogen) atoms. The molecule has 1 aromatic rings. The number of hydrogen-bond acceptors (Lipinski definition) is 0. The number of halogens is 1. The summed E-state index contributed by atoms with van der Waals surface area (Å²) in [5, 5.41) is 1.87. The summed E-state index contributed by atoms with van der Waals surface area (Å²) in [5.41, 5.74) is 1.09. The zero-order chi connectivity index (χ0) is 6.85. The van der Waals surface area contributed by atoms with Crippen molar-refractivity contribution >= 4 is 27.0 Å². The molecule has 0 aliphatic heterocycles. The Balaban J connectivity index is 3.25. The van der Waals surface area contributed by atoms with Crippen LogP contribution in [-0.2, 0) is 0 Å². The molecule has 0 saturated carbocycles. The van der Waals surface area contributed by atoms with Gasteiger partial charge in [0, 0.05) is 5.02 Å². The predicted octanol–water partition coefficient (Wildman–Crippen LogP) is 1.44. The van der Waals surface area contributed by atoms with Gasteiger partial charge in [-0.25, -0.2) is 0 Å². The number of rotatable bonds is 0. The third-order valence-corrected chi connectivity index (χ3v) is 2.22. The highest BCUT2D eigenvalue weighted by Gasteiger charge is 1.94. The molecular weight excluding hydrogens is 148 g/mol. The highest BCUT2D eigenvalue weighted by atomic mass is 35.5. The molecule has 45 valence electrons. The largest absolute Gasteiger partial charge is 0.0841 e. The Morgan fingerprint density at radius 1 is 1.44 bits per heavy atom. The Labute approximate surface area is 63.3 Å². The molecule has 0 N–H and O–H groups in total. The van der Waals surface area contributed by atoms with E-state index in [4.69, 9.17) is 11.6 Å². The van der Waals surface area contributed by atoms with Crippen LogP contribution >= 0.6 is 11.6 Å². The third kappa shape index (κ3) is 1.34. The van der Waals surface area contributed by atoms with Gasteiger partial charge < -0.3 is 0 Å². The quantitative estimate of drug-likeness (QED) is 0.495. The minimum Gasteiger partial charge on any atom is -0.0841 e. The van der Waals surface area contributed by atoms with Gasteiger partial charge in [0.1, 0.15) is 0 Å². The molecule has 0 amide bonds. The van der Waals surface area contributed by atoms with Gasteiger partial charge >= 0.3 is 0 Å². The lowest BCUT2D eigenvalue weighted by molar-refractivity contribution is 1.52. The first-order valence-electron chi connectivity index (χ1n) is 2.68. The fourth-order valence-electron chi connectivity index (χ4n) is 0.607. The predicted molar refractivity (Wildman–Crippen MR) is 41.6 cm³/mol. The summed E-state index contributed by atoms with van der Waals surface area (Å²) >= 11 is 5.78. The molecule has 0 nitrogen and oxygen atoms in total. The Morgan fingerprint density at radius 3 is 2.56 bits per heavy atom. The third-order valence-electron chi connectivity index (χ3n) is 1.27. The molecule has 0 aliphatic carbocycles. The van der Waals surface area contributed by atoms with E-state index >= 15 is 0 Å². The molecule has 0 spiro atoms. The van der Waals surface area contributed by atoms with Gasteiger partial charge in [-0.05, 0) is 18.6 Å². The monoisotopic (exact) mass is 153 g/mol. The summed E-state index contributed by atoms with van der Waals surface area (Å²) < 4.78 is 0. The molecule has 0 heterocycles. The van der Waals surface area contributed by atoms with E-state index in [2.05, 4.69) is 10.2 Å². The Hall–Kier alpha value is -0.273. The number of hydrogen-bond donors (Lipinski definition) is 0. The van der Waals surface area contributed by atoms with E-state index in [1.807, 2.05) is 25.1 Å². The average Bonchev–Trinajstić information content (AvgIpc) is 1.83. The van der Waals surface area contributed by atoms with E-state index < -0.39 is 0 Å². The summed E-state index contributed by atoms with van der Waals surface area (Å²) in [4.78, 5) is 0. The molecule has 0 aliphatic rings.